The molecule has 4 N–H and O–H groups in total. The van der Waals surface area contributed by atoms with Crippen molar-refractivity contribution in [1.29, 1.82) is 0 Å². The second kappa shape index (κ2) is 13.6. The topological polar surface area (TPSA) is 141 Å². The number of aryl methyl sites for hydroxylation is 1. The number of aromatic nitrogens is 3. The van der Waals surface area contributed by atoms with E-state index in [4.69, 9.17) is 15.5 Å². The summed E-state index contributed by atoms with van der Waals surface area (Å²) < 4.78 is 6.68. The normalized spacial score (nSPS) is 12.5. The molecular formula is C32H34N6O4. The van der Waals surface area contributed by atoms with Crippen LogP contribution in [0.15, 0.2) is 79.1 Å². The summed E-state index contributed by atoms with van der Waals surface area (Å²) in [5, 5.41) is 6.00. The molecule has 2 heterocycles. The van der Waals surface area contributed by atoms with Crippen molar-refractivity contribution in [3.63, 3.8) is 0 Å². The molecule has 2 aromatic heterocycles. The fourth-order valence-corrected chi connectivity index (χ4v) is 4.64. The van der Waals surface area contributed by atoms with Gasteiger partial charge in [-0.3, -0.25) is 19.5 Å². The van der Waals surface area contributed by atoms with Crippen LogP contribution >= 0.6 is 0 Å². The number of amides is 3. The molecule has 2 aromatic carbocycles. The predicted octanol–water partition coefficient (Wildman–Crippen LogP) is 5.27. The van der Waals surface area contributed by atoms with Gasteiger partial charge in [-0.1, -0.05) is 43.2 Å². The molecule has 0 unspecified atom stereocenters. The molecule has 0 radical (unpaired) electrons. The Hall–Kier alpha value is -4.99. The van der Waals surface area contributed by atoms with Crippen molar-refractivity contribution in [2.45, 2.75) is 44.9 Å². The lowest BCUT2D eigenvalue weighted by atomic mass is 10.0. The van der Waals surface area contributed by atoms with E-state index in [1.165, 1.54) is 6.07 Å². The van der Waals surface area contributed by atoms with E-state index in [-0.39, 0.29) is 23.6 Å². The second-order valence-electron chi connectivity index (χ2n) is 10.3. The number of ether oxygens (including phenoxy) is 1. The van der Waals surface area contributed by atoms with Crippen molar-refractivity contribution in [2.24, 2.45) is 11.7 Å². The summed E-state index contributed by atoms with van der Waals surface area (Å²) in [7, 11) is 0. The van der Waals surface area contributed by atoms with Gasteiger partial charge in [0.15, 0.2) is 0 Å². The summed E-state index contributed by atoms with van der Waals surface area (Å²) in [6.45, 7) is 0.737. The monoisotopic (exact) mass is 566 g/mol. The lowest BCUT2D eigenvalue weighted by Crippen LogP contribution is -2.25. The molecule has 42 heavy (non-hydrogen) atoms. The van der Waals surface area contributed by atoms with Gasteiger partial charge in [-0.05, 0) is 68.0 Å². The van der Waals surface area contributed by atoms with Gasteiger partial charge in [-0.25, -0.2) is 14.8 Å². The van der Waals surface area contributed by atoms with Gasteiger partial charge < -0.3 is 15.8 Å². The molecule has 10 heteroatoms. The molecule has 0 spiro atoms. The number of hydrogen-bond acceptors (Lipinski definition) is 6. The summed E-state index contributed by atoms with van der Waals surface area (Å²) in [6, 6.07) is 20.2. The van der Waals surface area contributed by atoms with Crippen LogP contribution in [0.5, 0.6) is 5.88 Å². The zero-order valence-electron chi connectivity index (χ0n) is 23.3. The molecule has 0 atom stereocenters. The Balaban J connectivity index is 1.22. The first kappa shape index (κ1) is 28.5. The molecule has 216 valence electrons. The summed E-state index contributed by atoms with van der Waals surface area (Å²) in [5.74, 6) is 0.709. The average molecular weight is 567 g/mol. The van der Waals surface area contributed by atoms with Crippen LogP contribution < -0.4 is 21.1 Å². The minimum absolute atomic E-state index is 0.0982. The van der Waals surface area contributed by atoms with Crippen LogP contribution in [0.1, 0.15) is 54.6 Å². The highest BCUT2D eigenvalue weighted by atomic mass is 16.6. The maximum absolute atomic E-state index is 13.3. The first-order valence-corrected chi connectivity index (χ1v) is 14.2. The van der Waals surface area contributed by atoms with Crippen molar-refractivity contribution in [1.82, 2.24) is 19.9 Å². The zero-order valence-corrected chi connectivity index (χ0v) is 23.3. The Morgan fingerprint density at radius 1 is 0.929 bits per heavy atom. The highest BCUT2D eigenvalue weighted by molar-refractivity contribution is 6.04. The molecule has 1 aliphatic carbocycles. The van der Waals surface area contributed by atoms with Crippen LogP contribution in [0.4, 0.5) is 10.7 Å². The van der Waals surface area contributed by atoms with Gasteiger partial charge in [-0.15, -0.1) is 0 Å². The quantitative estimate of drug-likeness (QED) is 0.188. The molecule has 4 aromatic rings. The van der Waals surface area contributed by atoms with Crippen LogP contribution in [-0.4, -0.2) is 39.0 Å². The van der Waals surface area contributed by atoms with Crippen LogP contribution in [0.2, 0.25) is 0 Å². The van der Waals surface area contributed by atoms with Gasteiger partial charge in [0, 0.05) is 47.7 Å². The third-order valence-electron chi connectivity index (χ3n) is 7.02. The number of rotatable bonds is 13. The summed E-state index contributed by atoms with van der Waals surface area (Å²) in [5.41, 5.74) is 8.82. The minimum Gasteiger partial charge on any atom is -0.391 e. The van der Waals surface area contributed by atoms with E-state index in [1.54, 1.807) is 30.5 Å². The van der Waals surface area contributed by atoms with Gasteiger partial charge in [0.25, 0.3) is 5.91 Å². The van der Waals surface area contributed by atoms with Gasteiger partial charge in [0.2, 0.25) is 17.7 Å². The van der Waals surface area contributed by atoms with Crippen molar-refractivity contribution < 1.29 is 19.1 Å². The van der Waals surface area contributed by atoms with Gasteiger partial charge in [0.05, 0.1) is 5.69 Å². The lowest BCUT2D eigenvalue weighted by molar-refractivity contribution is -0.122. The number of carbonyl (C=O) groups is 3. The standard InChI is InChI=1S/C32H34N6O4/c33-31(41)42-28-17-16-25(20-35-28)23-9-8-10-24(19-23)30(40)37-32-36-26(21-38(32)27-12-5-3-6-13-27)11-4-1-2-7-18-34-29(39)22-14-15-22/h3,5-6,8-10,12-13,16-17,19-22H,1-2,4,7,11,14-15,18H2,(H2,33,41)(H,34,39)(H,36,37,40). The Labute approximate surface area is 244 Å². The van der Waals surface area contributed by atoms with Crippen molar-refractivity contribution in [3.8, 4) is 22.7 Å². The second-order valence-corrected chi connectivity index (χ2v) is 10.3. The number of imidazole rings is 1. The summed E-state index contributed by atoms with van der Waals surface area (Å²) >= 11 is 0. The number of hydrogen-bond donors (Lipinski definition) is 3. The van der Waals surface area contributed by atoms with Gasteiger partial charge in [0.1, 0.15) is 0 Å². The van der Waals surface area contributed by atoms with Gasteiger partial charge in [-0.2, -0.15) is 0 Å². The highest BCUT2D eigenvalue weighted by Gasteiger charge is 2.28. The maximum atomic E-state index is 13.3. The molecule has 0 saturated heterocycles. The largest absolute Gasteiger partial charge is 0.411 e. The molecule has 0 bridgehead atoms. The van der Waals surface area contributed by atoms with E-state index in [9.17, 15) is 14.4 Å². The average Bonchev–Trinajstić information content (AvgIpc) is 3.78. The number of unbranched alkanes of at least 4 members (excludes halogenated alkanes) is 3. The van der Waals surface area contributed by atoms with Gasteiger partial charge >= 0.3 is 6.09 Å². The predicted molar refractivity (Wildman–Crippen MR) is 159 cm³/mol. The molecule has 1 saturated carbocycles. The summed E-state index contributed by atoms with van der Waals surface area (Å²) in [6.07, 6.45) is 9.45. The number of para-hydroxylation sites is 1. The first-order chi connectivity index (χ1) is 20.5. The first-order valence-electron chi connectivity index (χ1n) is 14.2. The van der Waals surface area contributed by atoms with Crippen LogP contribution in [0.3, 0.4) is 0 Å². The Bertz CT molecular complexity index is 1530. The fraction of sp³-hybridized carbons (Fsp3) is 0.281. The van der Waals surface area contributed by atoms with E-state index in [0.717, 1.165) is 74.0 Å². The lowest BCUT2D eigenvalue weighted by Gasteiger charge is -2.10. The number of primary amides is 1. The molecule has 0 aliphatic heterocycles. The fourth-order valence-electron chi connectivity index (χ4n) is 4.64. The Morgan fingerprint density at radius 3 is 2.48 bits per heavy atom. The number of benzene rings is 2. The number of nitrogens with two attached hydrogens (primary N) is 1. The van der Waals surface area contributed by atoms with E-state index in [1.807, 2.05) is 47.2 Å². The van der Waals surface area contributed by atoms with Crippen LogP contribution in [0, 0.1) is 5.92 Å². The Morgan fingerprint density at radius 2 is 1.74 bits per heavy atom. The molecule has 10 nitrogen and oxygen atoms in total. The minimum atomic E-state index is -0.934. The van der Waals surface area contributed by atoms with Crippen molar-refractivity contribution in [2.75, 3.05) is 11.9 Å². The van der Waals surface area contributed by atoms with E-state index in [0.29, 0.717) is 11.5 Å². The van der Waals surface area contributed by atoms with E-state index < -0.39 is 6.09 Å². The molecule has 1 aliphatic rings. The molecule has 5 rings (SSSR count). The molecule has 1 fully saturated rings. The maximum Gasteiger partial charge on any atom is 0.411 e. The molecular weight excluding hydrogens is 532 g/mol. The zero-order chi connectivity index (χ0) is 29.3. The van der Waals surface area contributed by atoms with Crippen molar-refractivity contribution >= 4 is 23.9 Å². The number of carbonyl (C=O) groups excluding carboxylic acids is 3. The number of nitrogens with one attached hydrogen (secondary N) is 2. The number of nitrogens with zero attached hydrogens (tertiary/aromatic N) is 3. The SMILES string of the molecule is NC(=O)Oc1ccc(-c2cccc(C(=O)Nc3nc(CCCCCCNC(=O)C4CC4)cn3-c3ccccc3)c2)cn1. The number of pyridine rings is 1. The summed E-state index contributed by atoms with van der Waals surface area (Å²) in [4.78, 5) is 44.9. The van der Waals surface area contributed by atoms with Crippen LogP contribution in [0.25, 0.3) is 16.8 Å². The van der Waals surface area contributed by atoms with E-state index >= 15 is 0 Å². The molecule has 3 amide bonds. The smallest absolute Gasteiger partial charge is 0.391 e. The number of anilines is 1. The highest BCUT2D eigenvalue weighted by Crippen LogP contribution is 2.28. The van der Waals surface area contributed by atoms with E-state index in [2.05, 4.69) is 15.6 Å². The van der Waals surface area contributed by atoms with Crippen molar-refractivity contribution in [3.05, 3.63) is 90.4 Å². The van der Waals surface area contributed by atoms with Crippen LogP contribution in [-0.2, 0) is 11.2 Å². The Kier molecular flexibility index (Phi) is 9.23. The third-order valence-corrected chi connectivity index (χ3v) is 7.02. The third kappa shape index (κ3) is 7.81.